The number of esters is 2. The summed E-state index contributed by atoms with van der Waals surface area (Å²) >= 11 is 0. The van der Waals surface area contributed by atoms with Gasteiger partial charge < -0.3 is 4.74 Å². The van der Waals surface area contributed by atoms with Gasteiger partial charge in [-0.2, -0.15) is 0 Å². The molecule has 0 aromatic rings. The zero-order valence-electron chi connectivity index (χ0n) is 15.0. The van der Waals surface area contributed by atoms with Gasteiger partial charge in [0.15, 0.2) is 0 Å². The monoisotopic (exact) mass is 322 g/mol. The lowest BCUT2D eigenvalue weighted by molar-refractivity contribution is -0.153. The van der Waals surface area contributed by atoms with Crippen LogP contribution >= 0.6 is 0 Å². The van der Waals surface area contributed by atoms with E-state index in [9.17, 15) is 9.59 Å². The SMILES string of the molecule is CC(C)CCCCCCCCCC/C=C/CC1CC(=O)OC1=O. The summed E-state index contributed by atoms with van der Waals surface area (Å²) in [4.78, 5) is 22.2. The molecule has 1 atom stereocenters. The predicted molar refractivity (Wildman–Crippen MR) is 94.0 cm³/mol. The maximum atomic E-state index is 11.3. The normalized spacial score (nSPS) is 18.3. The van der Waals surface area contributed by atoms with Crippen LogP contribution in [0.2, 0.25) is 0 Å². The minimum atomic E-state index is -0.377. The molecule has 0 aliphatic carbocycles. The van der Waals surface area contributed by atoms with Crippen LogP contribution < -0.4 is 0 Å². The molecule has 0 bridgehead atoms. The Morgan fingerprint density at radius 1 is 0.957 bits per heavy atom. The van der Waals surface area contributed by atoms with Crippen molar-refractivity contribution in [2.75, 3.05) is 0 Å². The fourth-order valence-electron chi connectivity index (χ4n) is 2.96. The van der Waals surface area contributed by atoms with E-state index in [0.717, 1.165) is 12.3 Å². The third kappa shape index (κ3) is 10.3. The molecular formula is C20H34O3. The van der Waals surface area contributed by atoms with Crippen molar-refractivity contribution in [3.05, 3.63) is 12.2 Å². The smallest absolute Gasteiger partial charge is 0.317 e. The Hall–Kier alpha value is -1.12. The van der Waals surface area contributed by atoms with E-state index in [-0.39, 0.29) is 24.3 Å². The molecule has 1 saturated heterocycles. The summed E-state index contributed by atoms with van der Waals surface area (Å²) < 4.78 is 4.53. The van der Waals surface area contributed by atoms with Crippen LogP contribution in [0.15, 0.2) is 12.2 Å². The quantitative estimate of drug-likeness (QED) is 0.192. The Kier molecular flexibility index (Phi) is 10.7. The number of unbranched alkanes of at least 4 members (excludes halogenated alkanes) is 8. The Balaban J connectivity index is 1.83. The molecule has 3 heteroatoms. The highest BCUT2D eigenvalue weighted by Gasteiger charge is 2.31. The lowest BCUT2D eigenvalue weighted by Crippen LogP contribution is -2.05. The average Bonchev–Trinajstić information content (AvgIpc) is 2.81. The van der Waals surface area contributed by atoms with E-state index < -0.39 is 0 Å². The molecule has 1 heterocycles. The molecule has 1 rings (SSSR count). The van der Waals surface area contributed by atoms with Gasteiger partial charge >= 0.3 is 11.9 Å². The fraction of sp³-hybridized carbons (Fsp3) is 0.800. The first-order chi connectivity index (χ1) is 11.1. The van der Waals surface area contributed by atoms with E-state index in [1.807, 2.05) is 6.08 Å². The van der Waals surface area contributed by atoms with Crippen LogP contribution in [0.3, 0.4) is 0 Å². The first-order valence-corrected chi connectivity index (χ1v) is 9.49. The van der Waals surface area contributed by atoms with Crippen molar-refractivity contribution < 1.29 is 14.3 Å². The van der Waals surface area contributed by atoms with Crippen molar-refractivity contribution in [3.63, 3.8) is 0 Å². The van der Waals surface area contributed by atoms with Crippen molar-refractivity contribution in [1.82, 2.24) is 0 Å². The lowest BCUT2D eigenvalue weighted by atomic mass is 10.0. The Bertz CT molecular complexity index is 371. The molecule has 1 aliphatic rings. The number of ether oxygens (including phenoxy) is 1. The highest BCUT2D eigenvalue weighted by molar-refractivity contribution is 5.94. The van der Waals surface area contributed by atoms with E-state index in [2.05, 4.69) is 24.7 Å². The predicted octanol–water partition coefficient (Wildman–Crippen LogP) is 5.58. The van der Waals surface area contributed by atoms with Crippen LogP contribution in [-0.2, 0) is 14.3 Å². The van der Waals surface area contributed by atoms with E-state index in [1.54, 1.807) is 0 Å². The van der Waals surface area contributed by atoms with Gasteiger partial charge in [0.2, 0.25) is 0 Å². The van der Waals surface area contributed by atoms with Gasteiger partial charge in [0.25, 0.3) is 0 Å². The molecule has 0 aromatic carbocycles. The van der Waals surface area contributed by atoms with Gasteiger partial charge in [-0.05, 0) is 25.2 Å². The highest BCUT2D eigenvalue weighted by atomic mass is 16.6. The summed E-state index contributed by atoms with van der Waals surface area (Å²) in [6.07, 6.45) is 18.3. The van der Waals surface area contributed by atoms with Crippen LogP contribution in [-0.4, -0.2) is 11.9 Å². The van der Waals surface area contributed by atoms with Gasteiger partial charge in [0.1, 0.15) is 0 Å². The van der Waals surface area contributed by atoms with Gasteiger partial charge in [0, 0.05) is 0 Å². The van der Waals surface area contributed by atoms with Crippen molar-refractivity contribution in [2.24, 2.45) is 11.8 Å². The van der Waals surface area contributed by atoms with Crippen molar-refractivity contribution in [1.29, 1.82) is 0 Å². The second-order valence-electron chi connectivity index (χ2n) is 7.20. The molecule has 132 valence electrons. The van der Waals surface area contributed by atoms with Gasteiger partial charge in [-0.25, -0.2) is 0 Å². The Morgan fingerprint density at radius 3 is 2.13 bits per heavy atom. The molecular weight excluding hydrogens is 288 g/mol. The fourth-order valence-corrected chi connectivity index (χ4v) is 2.96. The maximum Gasteiger partial charge on any atom is 0.317 e. The third-order valence-corrected chi connectivity index (χ3v) is 4.45. The van der Waals surface area contributed by atoms with Crippen LogP contribution in [0, 0.1) is 11.8 Å². The molecule has 0 N–H and O–H groups in total. The number of hydrogen-bond acceptors (Lipinski definition) is 3. The van der Waals surface area contributed by atoms with Crippen molar-refractivity contribution in [3.8, 4) is 0 Å². The molecule has 3 nitrogen and oxygen atoms in total. The topological polar surface area (TPSA) is 43.4 Å². The van der Waals surface area contributed by atoms with Crippen molar-refractivity contribution >= 4 is 11.9 Å². The van der Waals surface area contributed by atoms with Gasteiger partial charge in [-0.3, -0.25) is 9.59 Å². The molecule has 0 radical (unpaired) electrons. The summed E-state index contributed by atoms with van der Waals surface area (Å²) in [7, 11) is 0. The largest absolute Gasteiger partial charge is 0.393 e. The summed E-state index contributed by atoms with van der Waals surface area (Å²) in [6, 6.07) is 0. The Morgan fingerprint density at radius 2 is 1.57 bits per heavy atom. The number of hydrogen-bond donors (Lipinski definition) is 0. The van der Waals surface area contributed by atoms with Crippen LogP contribution in [0.25, 0.3) is 0 Å². The molecule has 0 saturated carbocycles. The molecule has 0 amide bonds. The second kappa shape index (κ2) is 12.3. The minimum Gasteiger partial charge on any atom is -0.393 e. The Labute approximate surface area is 141 Å². The number of carbonyl (C=O) groups is 2. The van der Waals surface area contributed by atoms with E-state index in [4.69, 9.17) is 0 Å². The summed E-state index contributed by atoms with van der Waals surface area (Å²) in [6.45, 7) is 4.60. The molecule has 1 fully saturated rings. The van der Waals surface area contributed by atoms with Gasteiger partial charge in [-0.1, -0.05) is 77.4 Å². The standard InChI is InChI=1S/C20H34O3/c1-17(2)14-12-10-8-6-4-3-5-7-9-11-13-15-18-16-19(21)23-20(18)22/h11,13,17-18H,3-10,12,14-16H2,1-2H3/b13-11+. The summed E-state index contributed by atoms with van der Waals surface area (Å²) in [5, 5.41) is 0. The highest BCUT2D eigenvalue weighted by Crippen LogP contribution is 2.20. The zero-order valence-corrected chi connectivity index (χ0v) is 15.0. The number of rotatable bonds is 13. The maximum absolute atomic E-state index is 11.3. The first-order valence-electron chi connectivity index (χ1n) is 9.49. The van der Waals surface area contributed by atoms with Crippen molar-refractivity contribution in [2.45, 2.75) is 90.9 Å². The van der Waals surface area contributed by atoms with E-state index >= 15 is 0 Å². The summed E-state index contributed by atoms with van der Waals surface area (Å²) in [5.74, 6) is -0.122. The number of carbonyl (C=O) groups excluding carboxylic acids is 2. The lowest BCUT2D eigenvalue weighted by Gasteiger charge is -2.04. The van der Waals surface area contributed by atoms with Crippen LogP contribution in [0.1, 0.15) is 90.9 Å². The number of allylic oxidation sites excluding steroid dienone is 2. The first kappa shape index (κ1) is 19.9. The molecule has 0 spiro atoms. The van der Waals surface area contributed by atoms with Gasteiger partial charge in [-0.15, -0.1) is 0 Å². The number of cyclic esters (lactones) is 2. The average molecular weight is 322 g/mol. The van der Waals surface area contributed by atoms with Gasteiger partial charge in [0.05, 0.1) is 12.3 Å². The second-order valence-corrected chi connectivity index (χ2v) is 7.20. The molecule has 0 aromatic heterocycles. The molecule has 1 aliphatic heterocycles. The van der Waals surface area contributed by atoms with Crippen LogP contribution in [0.4, 0.5) is 0 Å². The third-order valence-electron chi connectivity index (χ3n) is 4.45. The van der Waals surface area contributed by atoms with E-state index in [1.165, 1.54) is 57.8 Å². The van der Waals surface area contributed by atoms with E-state index in [0.29, 0.717) is 6.42 Å². The molecule has 1 unspecified atom stereocenters. The summed E-state index contributed by atoms with van der Waals surface area (Å²) in [5.41, 5.74) is 0. The molecule has 23 heavy (non-hydrogen) atoms. The van der Waals surface area contributed by atoms with Crippen LogP contribution in [0.5, 0.6) is 0 Å². The zero-order chi connectivity index (χ0) is 16.9. The minimum absolute atomic E-state index is 0.241.